The summed E-state index contributed by atoms with van der Waals surface area (Å²) in [7, 11) is 3.72. The summed E-state index contributed by atoms with van der Waals surface area (Å²) < 4.78 is 4.55. The third-order valence-electron chi connectivity index (χ3n) is 6.16. The number of pyridine rings is 2. The van der Waals surface area contributed by atoms with Gasteiger partial charge in [0, 0.05) is 51.4 Å². The number of likely N-dealkylation sites (tertiary alicyclic amines) is 1. The number of ether oxygens (including phenoxy) is 1. The SMILES string of the molecule is C=N/C(=C1/C(N)=NC=CN1CC1CCCN(C)C1)c1ccc(C(=O)Nc2ccccn2)cn1.COCCC=O. The molecule has 1 unspecified atom stereocenters. The summed E-state index contributed by atoms with van der Waals surface area (Å²) in [6, 6.07) is 8.75. The second-order valence-corrected chi connectivity index (χ2v) is 9.14. The van der Waals surface area contributed by atoms with Gasteiger partial charge in [-0.2, -0.15) is 0 Å². The largest absolute Gasteiger partial charge is 0.384 e. The van der Waals surface area contributed by atoms with Crippen LogP contribution in [0.15, 0.2) is 70.8 Å². The van der Waals surface area contributed by atoms with Gasteiger partial charge >= 0.3 is 0 Å². The number of aldehydes is 1. The van der Waals surface area contributed by atoms with Crippen LogP contribution in [0.25, 0.3) is 5.70 Å². The minimum atomic E-state index is -0.293. The van der Waals surface area contributed by atoms with Gasteiger partial charge in [-0.15, -0.1) is 0 Å². The summed E-state index contributed by atoms with van der Waals surface area (Å²) in [5, 5.41) is 2.75. The molecule has 1 fully saturated rings. The number of amidine groups is 1. The molecule has 4 rings (SSSR count). The van der Waals surface area contributed by atoms with Crippen molar-refractivity contribution in [2.75, 3.05) is 45.7 Å². The first-order valence-corrected chi connectivity index (χ1v) is 12.7. The highest BCUT2D eigenvalue weighted by atomic mass is 16.5. The first-order chi connectivity index (χ1) is 19.0. The number of hydrogen-bond donors (Lipinski definition) is 2. The van der Waals surface area contributed by atoms with Gasteiger partial charge in [-0.05, 0) is 63.3 Å². The van der Waals surface area contributed by atoms with Crippen molar-refractivity contribution in [3.05, 3.63) is 72.1 Å². The molecule has 206 valence electrons. The van der Waals surface area contributed by atoms with Crippen LogP contribution < -0.4 is 11.1 Å². The number of amides is 1. The molecule has 11 nitrogen and oxygen atoms in total. The van der Waals surface area contributed by atoms with E-state index in [4.69, 9.17) is 5.73 Å². The lowest BCUT2D eigenvalue weighted by atomic mass is 9.97. The fourth-order valence-electron chi connectivity index (χ4n) is 4.32. The third-order valence-corrected chi connectivity index (χ3v) is 6.16. The summed E-state index contributed by atoms with van der Waals surface area (Å²) in [5.41, 5.74) is 8.46. The Morgan fingerprint density at radius 1 is 1.31 bits per heavy atom. The molecule has 2 aliphatic heterocycles. The Morgan fingerprint density at radius 2 is 2.15 bits per heavy atom. The zero-order valence-electron chi connectivity index (χ0n) is 22.5. The Hall–Kier alpha value is -4.22. The summed E-state index contributed by atoms with van der Waals surface area (Å²) in [4.78, 5) is 43.5. The molecule has 0 bridgehead atoms. The average Bonchev–Trinajstić information content (AvgIpc) is 2.95. The zero-order chi connectivity index (χ0) is 28.0. The van der Waals surface area contributed by atoms with Crippen molar-refractivity contribution < 1.29 is 14.3 Å². The molecular formula is C28H36N8O3. The molecule has 2 aliphatic rings. The van der Waals surface area contributed by atoms with Crippen molar-refractivity contribution >= 4 is 36.3 Å². The van der Waals surface area contributed by atoms with E-state index in [9.17, 15) is 9.59 Å². The quantitative estimate of drug-likeness (QED) is 0.286. The molecule has 0 spiro atoms. The van der Waals surface area contributed by atoms with Gasteiger partial charge < -0.3 is 30.4 Å². The number of rotatable bonds is 9. The second-order valence-electron chi connectivity index (χ2n) is 9.14. The summed E-state index contributed by atoms with van der Waals surface area (Å²) in [6.45, 7) is 7.25. The molecule has 2 aromatic rings. The summed E-state index contributed by atoms with van der Waals surface area (Å²) in [5.74, 6) is 1.05. The third kappa shape index (κ3) is 8.66. The number of nitrogens with one attached hydrogen (secondary N) is 1. The van der Waals surface area contributed by atoms with E-state index >= 15 is 0 Å². The molecular weight excluding hydrogens is 496 g/mol. The van der Waals surface area contributed by atoms with Crippen LogP contribution >= 0.6 is 0 Å². The zero-order valence-corrected chi connectivity index (χ0v) is 22.5. The van der Waals surface area contributed by atoms with Crippen LogP contribution in [0.1, 0.15) is 35.3 Å². The van der Waals surface area contributed by atoms with Crippen LogP contribution in [-0.4, -0.2) is 84.9 Å². The minimum Gasteiger partial charge on any atom is -0.384 e. The molecule has 1 atom stereocenters. The number of aromatic nitrogens is 2. The fourth-order valence-corrected chi connectivity index (χ4v) is 4.32. The first kappa shape index (κ1) is 29.3. The van der Waals surface area contributed by atoms with Crippen molar-refractivity contribution in [2.45, 2.75) is 19.3 Å². The van der Waals surface area contributed by atoms with E-state index in [-0.39, 0.29) is 5.91 Å². The van der Waals surface area contributed by atoms with Crippen molar-refractivity contribution in [3.8, 4) is 0 Å². The number of piperidine rings is 1. The van der Waals surface area contributed by atoms with E-state index in [0.29, 0.717) is 53.3 Å². The highest BCUT2D eigenvalue weighted by molar-refractivity contribution is 6.05. The van der Waals surface area contributed by atoms with Crippen LogP contribution in [0.3, 0.4) is 0 Å². The molecule has 0 saturated carbocycles. The van der Waals surface area contributed by atoms with Gasteiger partial charge in [0.15, 0.2) is 0 Å². The smallest absolute Gasteiger partial charge is 0.258 e. The first-order valence-electron chi connectivity index (χ1n) is 12.7. The highest BCUT2D eigenvalue weighted by Crippen LogP contribution is 2.27. The highest BCUT2D eigenvalue weighted by Gasteiger charge is 2.26. The number of anilines is 1. The average molecular weight is 533 g/mol. The van der Waals surface area contributed by atoms with Gasteiger partial charge in [0.1, 0.15) is 29.3 Å². The van der Waals surface area contributed by atoms with E-state index in [0.717, 1.165) is 32.3 Å². The van der Waals surface area contributed by atoms with Crippen molar-refractivity contribution in [3.63, 3.8) is 0 Å². The van der Waals surface area contributed by atoms with Gasteiger partial charge in [0.25, 0.3) is 5.91 Å². The molecule has 11 heteroatoms. The second kappa shape index (κ2) is 15.3. The lowest BCUT2D eigenvalue weighted by Crippen LogP contribution is -2.40. The predicted octanol–water partition coefficient (Wildman–Crippen LogP) is 2.81. The Labute approximate surface area is 229 Å². The number of nitrogens with zero attached hydrogens (tertiary/aromatic N) is 6. The van der Waals surface area contributed by atoms with Crippen LogP contribution in [0, 0.1) is 5.92 Å². The monoisotopic (exact) mass is 532 g/mol. The Morgan fingerprint density at radius 3 is 2.77 bits per heavy atom. The molecule has 0 radical (unpaired) electrons. The maximum atomic E-state index is 12.5. The summed E-state index contributed by atoms with van der Waals surface area (Å²) in [6.07, 6.45) is 10.4. The van der Waals surface area contributed by atoms with E-state index in [1.807, 2.05) is 6.20 Å². The Balaban J connectivity index is 0.000000631. The topological polar surface area (TPSA) is 138 Å². The van der Waals surface area contributed by atoms with Gasteiger partial charge in [0.2, 0.25) is 0 Å². The summed E-state index contributed by atoms with van der Waals surface area (Å²) >= 11 is 0. The molecule has 4 heterocycles. The van der Waals surface area contributed by atoms with Crippen LogP contribution in [0.4, 0.5) is 5.82 Å². The Kier molecular flexibility index (Phi) is 11.5. The molecule has 0 aliphatic carbocycles. The lowest BCUT2D eigenvalue weighted by Gasteiger charge is -2.35. The van der Waals surface area contributed by atoms with Gasteiger partial charge in [-0.25, -0.2) is 9.98 Å². The molecule has 3 N–H and O–H groups in total. The molecule has 39 heavy (non-hydrogen) atoms. The van der Waals surface area contributed by atoms with E-state index in [2.05, 4.69) is 53.6 Å². The molecule has 2 aromatic heterocycles. The number of aliphatic imine (C=N–C) groups is 2. The lowest BCUT2D eigenvalue weighted by molar-refractivity contribution is -0.108. The molecule has 0 aromatic carbocycles. The molecule has 1 amide bonds. The standard InChI is InChI=1S/C24H28N8O.C4H8O2/c1-26-21(19-9-8-18(14-29-19)24(33)30-20-7-3-4-10-27-20)22-23(25)28-11-13-32(22)16-17-6-5-12-31(2)15-17;1-6-4-2-3-5/h3-4,7-11,13-14,17H,1,5-6,12,15-16H2,2H3,(H2,25,28)(H,27,30,33);3H,2,4H2,1H3/b22-21-;. The number of nitrogens with two attached hydrogens (primary N) is 1. The van der Waals surface area contributed by atoms with Gasteiger partial charge in [-0.1, -0.05) is 6.07 Å². The Bertz CT molecular complexity index is 1200. The van der Waals surface area contributed by atoms with E-state index < -0.39 is 0 Å². The van der Waals surface area contributed by atoms with Crippen molar-refractivity contribution in [1.29, 1.82) is 0 Å². The van der Waals surface area contributed by atoms with Crippen LogP contribution in [0.2, 0.25) is 0 Å². The number of hydrogen-bond acceptors (Lipinski definition) is 10. The maximum absolute atomic E-state index is 12.5. The van der Waals surface area contributed by atoms with Gasteiger partial charge in [0.05, 0.1) is 17.9 Å². The fraction of sp³-hybridized carbons (Fsp3) is 0.357. The van der Waals surface area contributed by atoms with Crippen molar-refractivity contribution in [1.82, 2.24) is 19.8 Å². The van der Waals surface area contributed by atoms with E-state index in [1.54, 1.807) is 49.8 Å². The number of carbonyl (C=O) groups excluding carboxylic acids is 2. The van der Waals surface area contributed by atoms with E-state index in [1.165, 1.54) is 12.6 Å². The number of methoxy groups -OCH3 is 1. The van der Waals surface area contributed by atoms with Gasteiger partial charge in [-0.3, -0.25) is 14.8 Å². The van der Waals surface area contributed by atoms with Crippen LogP contribution in [0.5, 0.6) is 0 Å². The molecule has 1 saturated heterocycles. The predicted molar refractivity (Wildman–Crippen MR) is 153 cm³/mol. The minimum absolute atomic E-state index is 0.293. The maximum Gasteiger partial charge on any atom is 0.258 e. The van der Waals surface area contributed by atoms with Crippen molar-refractivity contribution in [2.24, 2.45) is 21.6 Å². The normalized spacial score (nSPS) is 18.4. The van der Waals surface area contributed by atoms with Crippen LogP contribution in [-0.2, 0) is 9.53 Å². The number of carbonyl (C=O) groups is 2.